The van der Waals surface area contributed by atoms with Crippen LogP contribution in [0.25, 0.3) is 10.9 Å². The van der Waals surface area contributed by atoms with Gasteiger partial charge in [0.25, 0.3) is 5.56 Å². The Morgan fingerprint density at radius 1 is 1.29 bits per heavy atom. The van der Waals surface area contributed by atoms with Gasteiger partial charge in [-0.1, -0.05) is 23.2 Å². The molecule has 2 heterocycles. The number of amides is 1. The summed E-state index contributed by atoms with van der Waals surface area (Å²) in [4.78, 5) is 33.9. The van der Waals surface area contributed by atoms with Crippen molar-refractivity contribution in [1.82, 2.24) is 14.9 Å². The highest BCUT2D eigenvalue weighted by Gasteiger charge is 2.29. The Kier molecular flexibility index (Phi) is 7.25. The Hall–Kier alpha value is -2.88. The summed E-state index contributed by atoms with van der Waals surface area (Å²) in [6, 6.07) is 5.84. The monoisotopic (exact) mass is 506 g/mol. The van der Waals surface area contributed by atoms with Crippen LogP contribution in [0.2, 0.25) is 10.0 Å². The second-order valence-electron chi connectivity index (χ2n) is 8.16. The third-order valence-electron chi connectivity index (χ3n) is 5.91. The van der Waals surface area contributed by atoms with Gasteiger partial charge in [0.1, 0.15) is 5.82 Å². The Morgan fingerprint density at radius 2 is 2.09 bits per heavy atom. The number of halogens is 3. The van der Waals surface area contributed by atoms with E-state index >= 15 is 0 Å². The fourth-order valence-corrected chi connectivity index (χ4v) is 4.90. The molecule has 0 aliphatic carbocycles. The fourth-order valence-electron chi connectivity index (χ4n) is 4.20. The van der Waals surface area contributed by atoms with Crippen LogP contribution < -0.4 is 21.9 Å². The summed E-state index contributed by atoms with van der Waals surface area (Å²) in [5.74, 6) is -0.574. The van der Waals surface area contributed by atoms with Crippen LogP contribution in [0.3, 0.4) is 0 Å². The van der Waals surface area contributed by atoms with Crippen molar-refractivity contribution in [3.63, 3.8) is 0 Å². The second-order valence-corrected chi connectivity index (χ2v) is 9.00. The number of anilines is 2. The zero-order valence-corrected chi connectivity index (χ0v) is 20.1. The van der Waals surface area contributed by atoms with Gasteiger partial charge in [-0.05, 0) is 61.7 Å². The number of carbonyl (C=O) groups excluding carboxylic acids is 1. The predicted molar refractivity (Wildman–Crippen MR) is 133 cm³/mol. The topological polar surface area (TPSA) is 116 Å². The normalized spacial score (nSPS) is 15.3. The number of benzene rings is 2. The molecule has 11 heteroatoms. The molecule has 8 nitrogen and oxygen atoms in total. The molecule has 0 saturated carbocycles. The molecule has 5 N–H and O–H groups in total. The first-order valence-electron chi connectivity index (χ1n) is 11.0. The molecule has 0 radical (unpaired) electrons. The van der Waals surface area contributed by atoms with E-state index in [4.69, 9.17) is 28.9 Å². The molecule has 34 heavy (non-hydrogen) atoms. The van der Waals surface area contributed by atoms with Gasteiger partial charge in [0.05, 0.1) is 29.2 Å². The molecule has 1 unspecified atom stereocenters. The van der Waals surface area contributed by atoms with Crippen molar-refractivity contribution in [1.29, 1.82) is 0 Å². The molecule has 4 rings (SSSR count). The van der Waals surface area contributed by atoms with Gasteiger partial charge in [0, 0.05) is 23.1 Å². The van der Waals surface area contributed by atoms with E-state index in [0.717, 1.165) is 17.2 Å². The summed E-state index contributed by atoms with van der Waals surface area (Å²) >= 11 is 12.5. The molecule has 1 aromatic heterocycles. The minimum atomic E-state index is -0.647. The van der Waals surface area contributed by atoms with Gasteiger partial charge in [-0.2, -0.15) is 0 Å². The lowest BCUT2D eigenvalue weighted by atomic mass is 9.93. The highest BCUT2D eigenvalue weighted by Crippen LogP contribution is 2.37. The minimum Gasteiger partial charge on any atom is -0.374 e. The van der Waals surface area contributed by atoms with E-state index in [9.17, 15) is 14.0 Å². The lowest BCUT2D eigenvalue weighted by molar-refractivity contribution is -0.131. The van der Waals surface area contributed by atoms with Crippen LogP contribution >= 0.6 is 23.2 Å². The number of rotatable bonds is 7. The number of H-pyrrole nitrogens is 1. The van der Waals surface area contributed by atoms with Crippen LogP contribution in [0.4, 0.5) is 16.0 Å². The average molecular weight is 507 g/mol. The maximum atomic E-state index is 14.7. The van der Waals surface area contributed by atoms with Gasteiger partial charge in [-0.15, -0.1) is 0 Å². The number of fused-ring (bicyclic) bond motifs is 2. The summed E-state index contributed by atoms with van der Waals surface area (Å²) in [6.45, 7) is 3.32. The molecule has 1 aliphatic rings. The molecule has 1 atom stereocenters. The zero-order chi connectivity index (χ0) is 24.4. The first-order valence-corrected chi connectivity index (χ1v) is 11.7. The molecular formula is C23H25Cl2FN6O2. The molecule has 3 aromatic rings. The first-order chi connectivity index (χ1) is 16.3. The molecule has 1 aliphatic heterocycles. The van der Waals surface area contributed by atoms with Gasteiger partial charge in [-0.3, -0.25) is 14.6 Å². The number of nitrogens with one attached hydrogen (secondary N) is 3. The molecule has 0 spiro atoms. The highest BCUT2D eigenvalue weighted by molar-refractivity contribution is 6.35. The van der Waals surface area contributed by atoms with Crippen molar-refractivity contribution in [2.75, 3.05) is 36.8 Å². The van der Waals surface area contributed by atoms with E-state index in [-0.39, 0.29) is 35.5 Å². The SMILES string of the molecule is CC1c2c(Cl)cc(Cl)cc2CCN1C(=O)CNc1cc2nc(NCCCN)[nH]c(=O)c2cc1F. The van der Waals surface area contributed by atoms with Crippen LogP contribution in [0.5, 0.6) is 0 Å². The van der Waals surface area contributed by atoms with Crippen LogP contribution in [0.15, 0.2) is 29.1 Å². The zero-order valence-electron chi connectivity index (χ0n) is 18.6. The van der Waals surface area contributed by atoms with E-state index in [1.165, 1.54) is 6.07 Å². The number of aromatic nitrogens is 2. The molecule has 180 valence electrons. The molecule has 1 amide bonds. The molecular weight excluding hydrogens is 482 g/mol. The van der Waals surface area contributed by atoms with E-state index in [0.29, 0.717) is 48.0 Å². The number of nitrogens with two attached hydrogens (primary N) is 1. The van der Waals surface area contributed by atoms with E-state index in [1.807, 2.05) is 13.0 Å². The highest BCUT2D eigenvalue weighted by atomic mass is 35.5. The maximum absolute atomic E-state index is 14.7. The van der Waals surface area contributed by atoms with Gasteiger partial charge in [-0.25, -0.2) is 9.37 Å². The quantitative estimate of drug-likeness (QED) is 0.363. The Bertz CT molecular complexity index is 1300. The Labute approximate surface area is 205 Å². The molecule has 0 bridgehead atoms. The van der Waals surface area contributed by atoms with Crippen molar-refractivity contribution >= 4 is 51.6 Å². The van der Waals surface area contributed by atoms with Crippen molar-refractivity contribution in [2.45, 2.75) is 25.8 Å². The summed E-state index contributed by atoms with van der Waals surface area (Å²) in [5.41, 5.74) is 7.31. The number of hydrogen-bond donors (Lipinski definition) is 4. The second kappa shape index (κ2) is 10.2. The number of aromatic amines is 1. The van der Waals surface area contributed by atoms with Crippen molar-refractivity contribution in [3.05, 3.63) is 61.6 Å². The van der Waals surface area contributed by atoms with Gasteiger partial charge in [0.2, 0.25) is 11.9 Å². The summed E-state index contributed by atoms with van der Waals surface area (Å²) in [7, 11) is 0. The van der Waals surface area contributed by atoms with Gasteiger partial charge < -0.3 is 21.3 Å². The number of carbonyl (C=O) groups is 1. The van der Waals surface area contributed by atoms with Crippen LogP contribution in [-0.2, 0) is 11.2 Å². The maximum Gasteiger partial charge on any atom is 0.260 e. The number of nitrogens with zero attached hydrogens (tertiary/aromatic N) is 2. The van der Waals surface area contributed by atoms with Crippen LogP contribution in [0, 0.1) is 5.82 Å². The molecule has 2 aromatic carbocycles. The van der Waals surface area contributed by atoms with Gasteiger partial charge in [0.15, 0.2) is 0 Å². The van der Waals surface area contributed by atoms with Crippen molar-refractivity contribution < 1.29 is 9.18 Å². The lowest BCUT2D eigenvalue weighted by Crippen LogP contribution is -2.42. The largest absolute Gasteiger partial charge is 0.374 e. The van der Waals surface area contributed by atoms with Crippen molar-refractivity contribution in [2.24, 2.45) is 5.73 Å². The Balaban J connectivity index is 1.50. The first kappa shape index (κ1) is 24.3. The smallest absolute Gasteiger partial charge is 0.260 e. The van der Waals surface area contributed by atoms with E-state index in [2.05, 4.69) is 20.6 Å². The predicted octanol–water partition coefficient (Wildman–Crippen LogP) is 3.69. The van der Waals surface area contributed by atoms with Crippen molar-refractivity contribution in [3.8, 4) is 0 Å². The third-order valence-corrected chi connectivity index (χ3v) is 6.44. The summed E-state index contributed by atoms with van der Waals surface area (Å²) in [6.07, 6.45) is 1.33. The lowest BCUT2D eigenvalue weighted by Gasteiger charge is -2.36. The van der Waals surface area contributed by atoms with Crippen LogP contribution in [-0.4, -0.2) is 47.0 Å². The van der Waals surface area contributed by atoms with E-state index in [1.54, 1.807) is 11.0 Å². The standard InChI is InChI=1S/C23H25Cl2FN6O2/c1-12-21-13(7-14(24)8-16(21)25)3-6-32(12)20(33)11-29-19-10-18-15(9-17(19)26)22(34)31-23(30-18)28-5-2-4-27/h7-10,12,29H,2-6,11,27H2,1H3,(H2,28,30,31,34). The summed E-state index contributed by atoms with van der Waals surface area (Å²) in [5, 5.41) is 7.04. The van der Waals surface area contributed by atoms with E-state index < -0.39 is 11.4 Å². The number of hydrogen-bond acceptors (Lipinski definition) is 6. The molecule has 0 saturated heterocycles. The van der Waals surface area contributed by atoms with Gasteiger partial charge >= 0.3 is 0 Å². The van der Waals surface area contributed by atoms with Crippen LogP contribution in [0.1, 0.15) is 30.5 Å². The minimum absolute atomic E-state index is 0.0849. The summed E-state index contributed by atoms with van der Waals surface area (Å²) < 4.78 is 14.7. The average Bonchev–Trinajstić information content (AvgIpc) is 2.78. The Morgan fingerprint density at radius 3 is 2.85 bits per heavy atom. The fraction of sp³-hybridized carbons (Fsp3) is 0.348. The molecule has 0 fully saturated rings. The third kappa shape index (κ3) is 4.96.